The van der Waals surface area contributed by atoms with Crippen LogP contribution in [-0.4, -0.2) is 39.9 Å². The summed E-state index contributed by atoms with van der Waals surface area (Å²) in [5, 5.41) is 35.4. The first-order chi connectivity index (χ1) is 61.5. The Labute approximate surface area is 809 Å². The van der Waals surface area contributed by atoms with Crippen molar-refractivity contribution in [3.63, 3.8) is 0 Å². The molecule has 0 amide bonds. The second-order valence-electron chi connectivity index (χ2n) is 27.3. The fourth-order valence-corrected chi connectivity index (χ4v) is 12.2. The van der Waals surface area contributed by atoms with Gasteiger partial charge >= 0.3 is 0 Å². The van der Waals surface area contributed by atoms with Gasteiger partial charge < -0.3 is 39.9 Å². The molecule has 0 spiro atoms. The Hall–Kier alpha value is -14.8. The topological polar surface area (TPSA) is 198 Å². The maximum atomic E-state index is 8.98. The summed E-state index contributed by atoms with van der Waals surface area (Å²) in [6.07, 6.45) is 8.83. The fourth-order valence-electron chi connectivity index (χ4n) is 12.2. The van der Waals surface area contributed by atoms with Crippen molar-refractivity contribution in [2.24, 2.45) is 0 Å². The molecule has 0 aliphatic heterocycles. The van der Waals surface area contributed by atoms with Gasteiger partial charge in [-0.15, -0.1) is 280 Å². The van der Waals surface area contributed by atoms with E-state index in [0.717, 1.165) is 141 Å². The molecule has 0 saturated carbocycles. The molecule has 0 unspecified atom stereocenters. The predicted molar refractivity (Wildman–Crippen MR) is 497 cm³/mol. The first-order valence-corrected chi connectivity index (χ1v) is 39.8. The van der Waals surface area contributed by atoms with Gasteiger partial charge in [0.25, 0.3) is 0 Å². The molecule has 0 atom stereocenters. The summed E-state index contributed by atoms with van der Waals surface area (Å²) in [6.45, 7) is 5.98. The third kappa shape index (κ3) is 32.0. The molecule has 0 aliphatic carbocycles. The Morgan fingerprint density at radius 3 is 0.721 bits per heavy atom. The van der Waals surface area contributed by atoms with Crippen molar-refractivity contribution in [3.8, 4) is 148 Å². The number of nitriles is 4. The van der Waals surface area contributed by atoms with Crippen LogP contribution < -0.4 is 0 Å². The van der Waals surface area contributed by atoms with E-state index in [1.54, 1.807) is 55.2 Å². The van der Waals surface area contributed by atoms with Crippen LogP contribution in [-0.2, 0) is 80.4 Å². The Kier molecular flexibility index (Phi) is 42.3. The summed E-state index contributed by atoms with van der Waals surface area (Å²) in [7, 11) is 0. The van der Waals surface area contributed by atoms with E-state index in [9.17, 15) is 0 Å². The monoisotopic (exact) mass is 2370 g/mol. The summed E-state index contributed by atoms with van der Waals surface area (Å²) in [4.78, 5) is 34.6. The van der Waals surface area contributed by atoms with Gasteiger partial charge in [-0.2, -0.15) is 21.0 Å². The van der Waals surface area contributed by atoms with Crippen LogP contribution in [0.3, 0.4) is 0 Å². The normalized spacial score (nSPS) is 9.54. The minimum absolute atomic E-state index is 0. The van der Waals surface area contributed by atoms with Crippen LogP contribution in [0.2, 0.25) is 0 Å². The maximum absolute atomic E-state index is 8.98. The third-order valence-electron chi connectivity index (χ3n) is 18.4. The molecule has 4 radical (unpaired) electrons. The average Bonchev–Trinajstić information content (AvgIpc) is 0.833. The van der Waals surface area contributed by atoms with Gasteiger partial charge in [0.15, 0.2) is 0 Å². The molecular weight excluding hydrogens is 2290 g/mol. The van der Waals surface area contributed by atoms with E-state index in [1.165, 1.54) is 0 Å². The summed E-state index contributed by atoms with van der Waals surface area (Å²) in [5.74, 6) is 0. The summed E-state index contributed by atoms with van der Waals surface area (Å²) in [5.41, 5.74) is 27.5. The molecule has 11 aromatic carbocycles. The molecule has 0 fully saturated rings. The quantitative estimate of drug-likeness (QED) is 0.111. The van der Waals surface area contributed by atoms with E-state index in [4.69, 9.17) is 21.0 Å². The molecule has 634 valence electrons. The van der Waals surface area contributed by atoms with Gasteiger partial charge in [0.2, 0.25) is 0 Å². The minimum Gasteiger partial charge on any atom is -0.305 e. The number of benzene rings is 11. The molecule has 0 aliphatic rings. The fraction of sp³-hybridized carbons (Fsp3) is 0.0265. The van der Waals surface area contributed by atoms with Gasteiger partial charge in [-0.3, -0.25) is 0 Å². The molecule has 8 aromatic heterocycles. The third-order valence-corrected chi connectivity index (χ3v) is 18.4. The average molecular weight is 2370 g/mol. The minimum atomic E-state index is 0. The zero-order valence-electron chi connectivity index (χ0n) is 70.0. The number of nitrogens with zero attached hydrogens (tertiary/aromatic N) is 12. The number of aryl methyl sites for hydroxylation is 3. The molecule has 19 aromatic rings. The molecule has 8 heterocycles. The van der Waals surface area contributed by atoms with Gasteiger partial charge in [-0.1, -0.05) is 133 Å². The van der Waals surface area contributed by atoms with Crippen LogP contribution in [0.15, 0.2) is 419 Å². The van der Waals surface area contributed by atoms with Crippen LogP contribution >= 0.6 is 0 Å². The molecule has 12 nitrogen and oxygen atoms in total. The number of hydrogen-bond acceptors (Lipinski definition) is 12. The second-order valence-corrected chi connectivity index (χ2v) is 27.3. The van der Waals surface area contributed by atoms with Crippen molar-refractivity contribution in [1.82, 2.24) is 39.9 Å². The van der Waals surface area contributed by atoms with E-state index in [1.807, 2.05) is 373 Å². The Balaban J connectivity index is 0.000000183. The van der Waals surface area contributed by atoms with Crippen molar-refractivity contribution in [2.75, 3.05) is 0 Å². The van der Waals surface area contributed by atoms with Crippen molar-refractivity contribution in [2.45, 2.75) is 20.8 Å². The molecule has 0 bridgehead atoms. The van der Waals surface area contributed by atoms with E-state index < -0.39 is 0 Å². The van der Waals surface area contributed by atoms with Crippen LogP contribution in [0.4, 0.5) is 0 Å². The van der Waals surface area contributed by atoms with E-state index in [0.29, 0.717) is 22.3 Å². The number of rotatable bonds is 11. The SMILES string of the molecule is Cc1cccc(-c2[c-]cccc2)n1.Cc1cccc(-c2[c-]cccc2)n1.Cc1cccc(-c2[c-]cccc2)n1.N#Cc1cc[c-]c(-c2ccccn2)c1.N#Cc1ccc(-c2cc[c-]c(-c3ccccn3)c2)cc1.N#Cc1ccc(-c2cc[c-]c(-c3ccccn3)c2)cc1.N#Cc1cccc(-c2cc[c-]c(-c3ccccn3)c2)c1.[Ir].[Ir].[Ir].[Ir].[c-]1ccccc1-c1ccccn1. The predicted octanol–water partition coefficient (Wildman–Crippen LogP) is 25.8. The molecule has 129 heavy (non-hydrogen) atoms. The van der Waals surface area contributed by atoms with Crippen LogP contribution in [0.25, 0.3) is 123 Å². The van der Waals surface area contributed by atoms with Gasteiger partial charge in [0, 0.05) is 128 Å². The molecule has 0 N–H and O–H groups in total. The van der Waals surface area contributed by atoms with Crippen molar-refractivity contribution in [1.29, 1.82) is 21.0 Å². The summed E-state index contributed by atoms with van der Waals surface area (Å²) in [6, 6.07) is 158. The maximum Gasteiger partial charge on any atom is 0.0991 e. The molecular formula is C113H78Ir4N12-8. The molecule has 0 saturated heterocycles. The van der Waals surface area contributed by atoms with Crippen LogP contribution in [0.1, 0.15) is 39.3 Å². The van der Waals surface area contributed by atoms with Crippen molar-refractivity contribution >= 4 is 0 Å². The Bertz CT molecular complexity index is 6350. The Morgan fingerprint density at radius 2 is 0.434 bits per heavy atom. The number of aromatic nitrogens is 8. The van der Waals surface area contributed by atoms with Crippen molar-refractivity contribution < 1.29 is 80.4 Å². The van der Waals surface area contributed by atoms with Crippen molar-refractivity contribution in [3.05, 3.63) is 507 Å². The van der Waals surface area contributed by atoms with E-state index in [-0.39, 0.29) is 80.4 Å². The zero-order valence-corrected chi connectivity index (χ0v) is 79.6. The van der Waals surface area contributed by atoms with Gasteiger partial charge in [-0.05, 0) is 174 Å². The van der Waals surface area contributed by atoms with E-state index in [2.05, 4.69) is 125 Å². The summed E-state index contributed by atoms with van der Waals surface area (Å²) >= 11 is 0. The number of pyridine rings is 8. The zero-order chi connectivity index (χ0) is 86.7. The van der Waals surface area contributed by atoms with Crippen LogP contribution in [0, 0.1) is 115 Å². The van der Waals surface area contributed by atoms with Gasteiger partial charge in [-0.25, -0.2) is 0 Å². The molecule has 16 heteroatoms. The smallest absolute Gasteiger partial charge is 0.0991 e. The first kappa shape index (κ1) is 99.6. The first-order valence-electron chi connectivity index (χ1n) is 39.8. The van der Waals surface area contributed by atoms with Crippen LogP contribution in [0.5, 0.6) is 0 Å². The van der Waals surface area contributed by atoms with Gasteiger partial charge in [0.1, 0.15) is 0 Å². The Morgan fingerprint density at radius 1 is 0.186 bits per heavy atom. The second kappa shape index (κ2) is 54.8. The largest absolute Gasteiger partial charge is 0.305 e. The number of hydrogen-bond donors (Lipinski definition) is 0. The molecule has 19 rings (SSSR count). The van der Waals surface area contributed by atoms with Gasteiger partial charge in [0.05, 0.1) is 41.0 Å². The van der Waals surface area contributed by atoms with E-state index >= 15 is 0 Å². The standard InChI is InChI=1S/3C18H11N2.C12H7N2.3C12H10N.C11H8N.4Ir/c19-13-14-5-3-6-15(11-14)16-7-4-8-17(12-16)18-9-1-2-10-20-18;2*19-13-14-7-9-15(10-8-14)16-4-3-5-17(12-16)18-6-1-2-11-20-18;13-9-10-4-3-5-11(8-10)12-6-1-2-7-14-12;3*1-10-6-5-9-12(13-10)11-7-3-2-4-8-11;1-2-6-10(7-3-1)11-8-4-5-9-12-11;;;;/h1-7,9-12H;2*1-4,6-12H;1-4,6-8H;3*2-7,9H,1H3;1-6,8-9H;;;;/q8*-1;;;;. The summed E-state index contributed by atoms with van der Waals surface area (Å²) < 4.78 is 0.